The molecule has 2 aromatic carbocycles. The molecule has 0 fully saturated rings. The number of sulfonamides is 1. The van der Waals surface area contributed by atoms with Gasteiger partial charge in [-0.1, -0.05) is 29.8 Å². The van der Waals surface area contributed by atoms with Crippen molar-refractivity contribution in [2.24, 2.45) is 0 Å². The number of hydrogen-bond acceptors (Lipinski definition) is 3. The van der Waals surface area contributed by atoms with Crippen LogP contribution in [0.15, 0.2) is 53.4 Å². The highest BCUT2D eigenvalue weighted by molar-refractivity contribution is 7.92. The van der Waals surface area contributed by atoms with Gasteiger partial charge in [0.15, 0.2) is 0 Å². The molecule has 2 rings (SSSR count). The number of nitrogens with zero attached hydrogens (tertiary/aromatic N) is 1. The number of halogens is 2. The summed E-state index contributed by atoms with van der Waals surface area (Å²) in [5.41, 5.74) is 0.106. The third-order valence-electron chi connectivity index (χ3n) is 3.26. The SMILES string of the molecule is CC(C)NC(=O)CN(c1ccc(F)c(Cl)c1)S(=O)(=O)c1ccccc1. The number of amides is 1. The summed E-state index contributed by atoms with van der Waals surface area (Å²) in [4.78, 5) is 12.2. The normalized spacial score (nSPS) is 11.4. The van der Waals surface area contributed by atoms with E-state index in [2.05, 4.69) is 5.32 Å². The van der Waals surface area contributed by atoms with Gasteiger partial charge in [-0.15, -0.1) is 0 Å². The Morgan fingerprint density at radius 2 is 1.84 bits per heavy atom. The molecule has 0 atom stereocenters. The smallest absolute Gasteiger partial charge is 0.264 e. The maximum absolute atomic E-state index is 13.4. The molecular formula is C17H18ClFN2O3S. The number of carbonyl (C=O) groups excluding carboxylic acids is 1. The summed E-state index contributed by atoms with van der Waals surface area (Å²) in [5.74, 6) is -1.15. The number of anilines is 1. The van der Waals surface area contributed by atoms with Gasteiger partial charge in [0.2, 0.25) is 5.91 Å². The van der Waals surface area contributed by atoms with Crippen molar-refractivity contribution < 1.29 is 17.6 Å². The van der Waals surface area contributed by atoms with Gasteiger partial charge in [0.05, 0.1) is 15.6 Å². The average Bonchev–Trinajstić information content (AvgIpc) is 2.55. The molecule has 0 saturated carbocycles. The second kappa shape index (κ2) is 7.84. The first-order chi connectivity index (χ1) is 11.7. The van der Waals surface area contributed by atoms with E-state index in [1.807, 2.05) is 0 Å². The number of rotatable bonds is 6. The van der Waals surface area contributed by atoms with Gasteiger partial charge >= 0.3 is 0 Å². The molecule has 8 heteroatoms. The van der Waals surface area contributed by atoms with Crippen molar-refractivity contribution in [1.82, 2.24) is 5.32 Å². The van der Waals surface area contributed by atoms with Crippen LogP contribution >= 0.6 is 11.6 Å². The summed E-state index contributed by atoms with van der Waals surface area (Å²) >= 11 is 5.78. The van der Waals surface area contributed by atoms with E-state index < -0.39 is 28.3 Å². The van der Waals surface area contributed by atoms with Crippen LogP contribution in [0.1, 0.15) is 13.8 Å². The number of benzene rings is 2. The minimum atomic E-state index is -4.02. The molecule has 0 radical (unpaired) electrons. The molecule has 0 aliphatic rings. The molecule has 25 heavy (non-hydrogen) atoms. The van der Waals surface area contributed by atoms with E-state index in [1.54, 1.807) is 32.0 Å². The van der Waals surface area contributed by atoms with Gasteiger partial charge in [-0.3, -0.25) is 9.10 Å². The van der Waals surface area contributed by atoms with E-state index in [0.717, 1.165) is 10.4 Å². The lowest BCUT2D eigenvalue weighted by Crippen LogP contribution is -2.42. The summed E-state index contributed by atoms with van der Waals surface area (Å²) in [6.45, 7) is 3.09. The largest absolute Gasteiger partial charge is 0.352 e. The van der Waals surface area contributed by atoms with Crippen molar-refractivity contribution in [3.8, 4) is 0 Å². The van der Waals surface area contributed by atoms with E-state index >= 15 is 0 Å². The zero-order chi connectivity index (χ0) is 18.6. The van der Waals surface area contributed by atoms with Crippen LogP contribution in [0.4, 0.5) is 10.1 Å². The molecule has 0 bridgehead atoms. The van der Waals surface area contributed by atoms with E-state index in [9.17, 15) is 17.6 Å². The Balaban J connectivity index is 2.48. The summed E-state index contributed by atoms with van der Waals surface area (Å²) in [5, 5.41) is 2.41. The summed E-state index contributed by atoms with van der Waals surface area (Å²) in [6, 6.07) is 11.1. The fourth-order valence-electron chi connectivity index (χ4n) is 2.17. The molecule has 0 aliphatic carbocycles. The van der Waals surface area contributed by atoms with Crippen LogP contribution in [0.2, 0.25) is 5.02 Å². The predicted octanol–water partition coefficient (Wildman–Crippen LogP) is 3.20. The standard InChI is InChI=1S/C17H18ClFN2O3S/c1-12(2)20-17(22)11-21(13-8-9-16(19)15(18)10-13)25(23,24)14-6-4-3-5-7-14/h3-10,12H,11H2,1-2H3,(H,20,22). The maximum atomic E-state index is 13.4. The molecule has 0 saturated heterocycles. The van der Waals surface area contributed by atoms with Crippen molar-refractivity contribution in [2.45, 2.75) is 24.8 Å². The Hall–Kier alpha value is -2.12. The number of carbonyl (C=O) groups is 1. The Morgan fingerprint density at radius 1 is 1.20 bits per heavy atom. The minimum absolute atomic E-state index is 0.0211. The fraction of sp³-hybridized carbons (Fsp3) is 0.235. The van der Waals surface area contributed by atoms with Gasteiger partial charge in [-0.2, -0.15) is 0 Å². The Bertz CT molecular complexity index is 857. The van der Waals surface area contributed by atoms with Crippen LogP contribution in [0.5, 0.6) is 0 Å². The van der Waals surface area contributed by atoms with E-state index in [-0.39, 0.29) is 21.6 Å². The summed E-state index contributed by atoms with van der Waals surface area (Å²) < 4.78 is 40.3. The monoisotopic (exact) mass is 384 g/mol. The number of hydrogen-bond donors (Lipinski definition) is 1. The molecule has 5 nitrogen and oxygen atoms in total. The highest BCUT2D eigenvalue weighted by Crippen LogP contribution is 2.27. The molecule has 0 unspecified atom stereocenters. The second-order valence-corrected chi connectivity index (χ2v) is 7.91. The van der Waals surface area contributed by atoms with Crippen molar-refractivity contribution in [1.29, 1.82) is 0 Å². The zero-order valence-electron chi connectivity index (χ0n) is 13.7. The quantitative estimate of drug-likeness (QED) is 0.831. The third-order valence-corrected chi connectivity index (χ3v) is 5.34. The van der Waals surface area contributed by atoms with Crippen molar-refractivity contribution in [2.75, 3.05) is 10.8 Å². The molecule has 134 valence electrons. The van der Waals surface area contributed by atoms with Crippen LogP contribution in [0.3, 0.4) is 0 Å². The van der Waals surface area contributed by atoms with E-state index in [1.165, 1.54) is 24.3 Å². The van der Waals surface area contributed by atoms with Gasteiger partial charge in [0, 0.05) is 6.04 Å². The maximum Gasteiger partial charge on any atom is 0.264 e. The molecule has 0 aromatic heterocycles. The van der Waals surface area contributed by atoms with Crippen LogP contribution in [0.25, 0.3) is 0 Å². The van der Waals surface area contributed by atoms with Crippen LogP contribution < -0.4 is 9.62 Å². The van der Waals surface area contributed by atoms with Crippen molar-refractivity contribution >= 4 is 33.2 Å². The van der Waals surface area contributed by atoms with Crippen LogP contribution in [0, 0.1) is 5.82 Å². The van der Waals surface area contributed by atoms with Crippen molar-refractivity contribution in [3.63, 3.8) is 0 Å². The Morgan fingerprint density at radius 3 is 2.40 bits per heavy atom. The average molecular weight is 385 g/mol. The van der Waals surface area contributed by atoms with Crippen LogP contribution in [-0.2, 0) is 14.8 Å². The van der Waals surface area contributed by atoms with Gasteiger partial charge < -0.3 is 5.32 Å². The third kappa shape index (κ3) is 4.70. The minimum Gasteiger partial charge on any atom is -0.352 e. The number of nitrogens with one attached hydrogen (secondary N) is 1. The lowest BCUT2D eigenvalue weighted by molar-refractivity contribution is -0.120. The molecule has 0 spiro atoms. The molecule has 1 amide bonds. The topological polar surface area (TPSA) is 66.5 Å². The zero-order valence-corrected chi connectivity index (χ0v) is 15.3. The first-order valence-corrected chi connectivity index (χ1v) is 9.36. The second-order valence-electron chi connectivity index (χ2n) is 5.65. The van der Waals surface area contributed by atoms with Gasteiger partial charge in [-0.05, 0) is 44.2 Å². The Labute approximate surface area is 151 Å². The summed E-state index contributed by atoms with van der Waals surface area (Å²) in [7, 11) is -4.02. The molecule has 0 aliphatic heterocycles. The van der Waals surface area contributed by atoms with Gasteiger partial charge in [-0.25, -0.2) is 12.8 Å². The Kier molecular flexibility index (Phi) is 6.02. The fourth-order valence-corrected chi connectivity index (χ4v) is 3.78. The molecule has 1 N–H and O–H groups in total. The lowest BCUT2D eigenvalue weighted by atomic mass is 10.3. The highest BCUT2D eigenvalue weighted by Gasteiger charge is 2.27. The molecule has 2 aromatic rings. The van der Waals surface area contributed by atoms with Gasteiger partial charge in [0.1, 0.15) is 12.4 Å². The van der Waals surface area contributed by atoms with Gasteiger partial charge in [0.25, 0.3) is 10.0 Å². The van der Waals surface area contributed by atoms with E-state index in [4.69, 9.17) is 11.6 Å². The highest BCUT2D eigenvalue weighted by atomic mass is 35.5. The first kappa shape index (κ1) is 19.2. The summed E-state index contributed by atoms with van der Waals surface area (Å²) in [6.07, 6.45) is 0. The van der Waals surface area contributed by atoms with E-state index in [0.29, 0.717) is 0 Å². The lowest BCUT2D eigenvalue weighted by Gasteiger charge is -2.24. The predicted molar refractivity (Wildman–Crippen MR) is 95.7 cm³/mol. The molecule has 0 heterocycles. The molecular weight excluding hydrogens is 367 g/mol. The first-order valence-electron chi connectivity index (χ1n) is 7.54. The van der Waals surface area contributed by atoms with Crippen LogP contribution in [-0.4, -0.2) is 26.9 Å². The van der Waals surface area contributed by atoms with Crippen molar-refractivity contribution in [3.05, 3.63) is 59.4 Å².